The van der Waals surface area contributed by atoms with Crippen LogP contribution in [0.1, 0.15) is 36.5 Å². The fourth-order valence-electron chi connectivity index (χ4n) is 2.09. The number of halogens is 3. The number of carbonyl (C=O) groups is 1. The van der Waals surface area contributed by atoms with Gasteiger partial charge in [-0.25, -0.2) is 12.8 Å². The Balaban J connectivity index is 2.22. The molecule has 1 N–H and O–H groups in total. The Kier molecular flexibility index (Phi) is 4.95. The maximum absolute atomic E-state index is 13.7. The molecule has 1 aromatic carbocycles. The summed E-state index contributed by atoms with van der Waals surface area (Å²) in [6, 6.07) is 2.00. The van der Waals surface area contributed by atoms with Crippen molar-refractivity contribution in [2.45, 2.75) is 37.1 Å². The van der Waals surface area contributed by atoms with Gasteiger partial charge in [-0.2, -0.15) is 0 Å². The maximum atomic E-state index is 13.7. The summed E-state index contributed by atoms with van der Waals surface area (Å²) < 4.78 is 36.2. The van der Waals surface area contributed by atoms with E-state index in [1.54, 1.807) is 0 Å². The molecule has 116 valence electrons. The van der Waals surface area contributed by atoms with Gasteiger partial charge < -0.3 is 5.32 Å². The van der Waals surface area contributed by atoms with E-state index >= 15 is 0 Å². The molecule has 1 aliphatic rings. The van der Waals surface area contributed by atoms with Crippen molar-refractivity contribution in [3.05, 3.63) is 28.0 Å². The van der Waals surface area contributed by atoms with Crippen LogP contribution in [0.2, 0.25) is 0 Å². The van der Waals surface area contributed by atoms with Crippen LogP contribution in [0.3, 0.4) is 0 Å². The minimum absolute atomic E-state index is 0.0484. The molecule has 1 aromatic rings. The largest absolute Gasteiger partial charge is 0.350 e. The molecule has 8 heteroatoms. The molecule has 4 nitrogen and oxygen atoms in total. The summed E-state index contributed by atoms with van der Waals surface area (Å²) in [5.74, 6) is -0.728. The van der Waals surface area contributed by atoms with Crippen LogP contribution in [0.15, 0.2) is 21.5 Å². The van der Waals surface area contributed by atoms with Crippen molar-refractivity contribution in [1.82, 2.24) is 5.32 Å². The Hall–Kier alpha value is -0.660. The van der Waals surface area contributed by atoms with Crippen molar-refractivity contribution in [1.29, 1.82) is 0 Å². The fourth-order valence-corrected chi connectivity index (χ4v) is 4.18. The lowest BCUT2D eigenvalue weighted by atomic mass is 10.1. The van der Waals surface area contributed by atoms with Gasteiger partial charge in [-0.1, -0.05) is 12.8 Å². The quantitative estimate of drug-likeness (QED) is 0.773. The van der Waals surface area contributed by atoms with Crippen molar-refractivity contribution in [2.24, 2.45) is 5.92 Å². The Morgan fingerprint density at radius 3 is 2.67 bits per heavy atom. The molecular weight excluding hydrogens is 385 g/mol. The highest BCUT2D eigenvalue weighted by Crippen LogP contribution is 2.33. The van der Waals surface area contributed by atoms with Gasteiger partial charge in [0.1, 0.15) is 10.7 Å². The first kappa shape index (κ1) is 16.7. The second-order valence-electron chi connectivity index (χ2n) is 5.26. The zero-order valence-electron chi connectivity index (χ0n) is 11.2. The lowest BCUT2D eigenvalue weighted by molar-refractivity contribution is 0.0936. The van der Waals surface area contributed by atoms with E-state index in [2.05, 4.69) is 21.2 Å². The smallest absolute Gasteiger partial charge is 0.262 e. The number of amides is 1. The third kappa shape index (κ3) is 4.40. The molecule has 21 heavy (non-hydrogen) atoms. The topological polar surface area (TPSA) is 63.2 Å². The summed E-state index contributed by atoms with van der Waals surface area (Å²) >= 11 is 2.82. The number of nitrogens with one attached hydrogen (secondary N) is 1. The average Bonchev–Trinajstić information content (AvgIpc) is 3.14. The van der Waals surface area contributed by atoms with Crippen molar-refractivity contribution in [3.63, 3.8) is 0 Å². The summed E-state index contributed by atoms with van der Waals surface area (Å²) in [6.07, 6.45) is 3.20. The van der Waals surface area contributed by atoms with Crippen molar-refractivity contribution in [3.8, 4) is 0 Å². The Labute approximate surface area is 135 Å². The molecule has 1 atom stereocenters. The lowest BCUT2D eigenvalue weighted by Gasteiger charge is -2.14. The van der Waals surface area contributed by atoms with Crippen LogP contribution >= 0.6 is 26.6 Å². The predicted molar refractivity (Wildman–Crippen MR) is 81.4 cm³/mol. The highest BCUT2D eigenvalue weighted by molar-refractivity contribution is 9.10. The molecule has 1 amide bonds. The van der Waals surface area contributed by atoms with E-state index in [4.69, 9.17) is 10.7 Å². The second-order valence-corrected chi connectivity index (χ2v) is 8.59. The van der Waals surface area contributed by atoms with Crippen LogP contribution in [-0.4, -0.2) is 20.4 Å². The van der Waals surface area contributed by atoms with Gasteiger partial charge in [-0.15, -0.1) is 0 Å². The van der Waals surface area contributed by atoms with Gasteiger partial charge in [0.25, 0.3) is 15.0 Å². The average molecular weight is 399 g/mol. The summed E-state index contributed by atoms with van der Waals surface area (Å²) in [5, 5.41) is 2.73. The Bertz CT molecular complexity index is 676. The van der Waals surface area contributed by atoms with Gasteiger partial charge in [-0.05, 0) is 47.3 Å². The van der Waals surface area contributed by atoms with Gasteiger partial charge in [0.15, 0.2) is 0 Å². The predicted octanol–water partition coefficient (Wildman–Crippen LogP) is 3.43. The number of carbonyl (C=O) groups excluding carboxylic acids is 1. The number of hydrogen-bond acceptors (Lipinski definition) is 3. The van der Waals surface area contributed by atoms with Crippen LogP contribution in [0.4, 0.5) is 4.39 Å². The van der Waals surface area contributed by atoms with Crippen molar-refractivity contribution < 1.29 is 17.6 Å². The highest BCUT2D eigenvalue weighted by atomic mass is 79.9. The summed E-state index contributed by atoms with van der Waals surface area (Å²) in [7, 11) is 1.10. The lowest BCUT2D eigenvalue weighted by Crippen LogP contribution is -2.33. The molecule has 1 fully saturated rings. The molecule has 0 aliphatic heterocycles. The van der Waals surface area contributed by atoms with Gasteiger partial charge in [0.2, 0.25) is 0 Å². The van der Waals surface area contributed by atoms with Crippen LogP contribution in [0.5, 0.6) is 0 Å². The van der Waals surface area contributed by atoms with Gasteiger partial charge in [0.05, 0.1) is 4.47 Å². The third-order valence-electron chi connectivity index (χ3n) is 3.28. The normalized spacial score (nSPS) is 16.6. The molecule has 1 unspecified atom stereocenters. The first-order valence-electron chi connectivity index (χ1n) is 6.43. The third-order valence-corrected chi connectivity index (χ3v) is 5.70. The monoisotopic (exact) mass is 397 g/mol. The van der Waals surface area contributed by atoms with Gasteiger partial charge in [-0.3, -0.25) is 4.79 Å². The molecule has 0 radical (unpaired) electrons. The summed E-state index contributed by atoms with van der Waals surface area (Å²) in [4.78, 5) is 11.6. The van der Waals surface area contributed by atoms with E-state index in [1.807, 2.05) is 6.92 Å². The molecule has 0 saturated heterocycles. The first-order chi connectivity index (χ1) is 9.68. The minimum Gasteiger partial charge on any atom is -0.350 e. The van der Waals surface area contributed by atoms with Crippen molar-refractivity contribution in [2.75, 3.05) is 0 Å². The molecular formula is C13H14BrClFNO3S. The molecule has 2 rings (SSSR count). The fraction of sp³-hybridized carbons (Fsp3) is 0.462. The number of benzene rings is 1. The number of hydrogen-bond donors (Lipinski definition) is 1. The second kappa shape index (κ2) is 6.22. The Morgan fingerprint density at radius 1 is 1.52 bits per heavy atom. The zero-order valence-corrected chi connectivity index (χ0v) is 14.4. The first-order valence-corrected chi connectivity index (χ1v) is 9.53. The summed E-state index contributed by atoms with van der Waals surface area (Å²) in [6.45, 7) is 1.87. The van der Waals surface area contributed by atoms with E-state index in [0.717, 1.165) is 18.6 Å². The molecule has 0 spiro atoms. The van der Waals surface area contributed by atoms with Crippen LogP contribution in [0.25, 0.3) is 0 Å². The molecule has 0 aromatic heterocycles. The van der Waals surface area contributed by atoms with Gasteiger partial charge in [0, 0.05) is 22.3 Å². The zero-order chi connectivity index (χ0) is 15.8. The Morgan fingerprint density at radius 2 is 2.14 bits per heavy atom. The summed E-state index contributed by atoms with van der Waals surface area (Å²) in [5.41, 5.74) is -0.0717. The van der Waals surface area contributed by atoms with Crippen LogP contribution in [0, 0.1) is 11.7 Å². The van der Waals surface area contributed by atoms with E-state index < -0.39 is 25.7 Å². The van der Waals surface area contributed by atoms with Crippen molar-refractivity contribution >= 4 is 41.6 Å². The number of rotatable bonds is 5. The molecule has 1 aliphatic carbocycles. The maximum Gasteiger partial charge on any atom is 0.262 e. The molecule has 0 bridgehead atoms. The van der Waals surface area contributed by atoms with Crippen LogP contribution in [-0.2, 0) is 9.05 Å². The minimum atomic E-state index is -4.14. The SMILES string of the molecule is CC(CC1CC1)NC(=O)c1cc(F)c(Br)c(S(=O)(=O)Cl)c1. The van der Waals surface area contributed by atoms with Crippen LogP contribution < -0.4 is 5.32 Å². The van der Waals surface area contributed by atoms with E-state index in [1.165, 1.54) is 12.8 Å². The van der Waals surface area contributed by atoms with Gasteiger partial charge >= 0.3 is 0 Å². The van der Waals surface area contributed by atoms with E-state index in [-0.39, 0.29) is 16.1 Å². The highest BCUT2D eigenvalue weighted by Gasteiger charge is 2.25. The molecule has 1 saturated carbocycles. The molecule has 0 heterocycles. The van der Waals surface area contributed by atoms with E-state index in [0.29, 0.717) is 5.92 Å². The standard InChI is InChI=1S/C13H14BrClFNO3S/c1-7(4-8-2-3-8)17-13(18)9-5-10(16)12(14)11(6-9)21(15,19)20/h5-8H,2-4H2,1H3,(H,17,18). The van der Waals surface area contributed by atoms with E-state index in [9.17, 15) is 17.6 Å².